The van der Waals surface area contributed by atoms with Crippen molar-refractivity contribution in [3.63, 3.8) is 0 Å². The average Bonchev–Trinajstić information content (AvgIpc) is 2.61. The number of hydrogen-bond acceptors (Lipinski definition) is 3. The number of halogens is 1. The van der Waals surface area contributed by atoms with E-state index in [2.05, 4.69) is 5.32 Å². The first-order chi connectivity index (χ1) is 8.47. The SMILES string of the molecule is COCC(N)c1cc2c(c(C)c1Cl)NC(=O)C2C. The Bertz CT molecular complexity index is 502. The van der Waals surface area contributed by atoms with Gasteiger partial charge in [-0.15, -0.1) is 0 Å². The fourth-order valence-electron chi connectivity index (χ4n) is 2.27. The smallest absolute Gasteiger partial charge is 0.231 e. The highest BCUT2D eigenvalue weighted by Crippen LogP contribution is 2.41. The van der Waals surface area contributed by atoms with Crippen LogP contribution in [0.1, 0.15) is 35.6 Å². The highest BCUT2D eigenvalue weighted by molar-refractivity contribution is 6.33. The van der Waals surface area contributed by atoms with Gasteiger partial charge in [-0.2, -0.15) is 0 Å². The van der Waals surface area contributed by atoms with Crippen molar-refractivity contribution < 1.29 is 9.53 Å². The Morgan fingerprint density at radius 3 is 2.89 bits per heavy atom. The molecule has 2 atom stereocenters. The minimum atomic E-state index is -0.283. The molecule has 0 aliphatic carbocycles. The molecule has 1 aromatic carbocycles. The van der Waals surface area contributed by atoms with Crippen LogP contribution in [-0.2, 0) is 9.53 Å². The zero-order valence-electron chi connectivity index (χ0n) is 10.7. The van der Waals surface area contributed by atoms with Crippen LogP contribution in [0.2, 0.25) is 5.02 Å². The van der Waals surface area contributed by atoms with Crippen molar-refractivity contribution in [2.45, 2.75) is 25.8 Å². The van der Waals surface area contributed by atoms with E-state index >= 15 is 0 Å². The summed E-state index contributed by atoms with van der Waals surface area (Å²) in [5.41, 5.74) is 9.52. The van der Waals surface area contributed by atoms with Crippen LogP contribution in [0.5, 0.6) is 0 Å². The van der Waals surface area contributed by atoms with Crippen molar-refractivity contribution in [3.05, 3.63) is 27.8 Å². The van der Waals surface area contributed by atoms with E-state index in [1.54, 1.807) is 7.11 Å². The van der Waals surface area contributed by atoms with Crippen LogP contribution < -0.4 is 11.1 Å². The van der Waals surface area contributed by atoms with Gasteiger partial charge < -0.3 is 15.8 Å². The molecule has 1 amide bonds. The zero-order chi connectivity index (χ0) is 13.4. The molecule has 0 spiro atoms. The maximum Gasteiger partial charge on any atom is 0.231 e. The molecule has 98 valence electrons. The van der Waals surface area contributed by atoms with Crippen LogP contribution in [0.3, 0.4) is 0 Å². The van der Waals surface area contributed by atoms with E-state index in [4.69, 9.17) is 22.1 Å². The average molecular weight is 269 g/mol. The molecule has 0 saturated heterocycles. The van der Waals surface area contributed by atoms with Crippen LogP contribution in [0.25, 0.3) is 0 Å². The van der Waals surface area contributed by atoms with Gasteiger partial charge >= 0.3 is 0 Å². The molecule has 1 aromatic rings. The fraction of sp³-hybridized carbons (Fsp3) is 0.462. The van der Waals surface area contributed by atoms with Crippen LogP contribution in [0.4, 0.5) is 5.69 Å². The van der Waals surface area contributed by atoms with E-state index in [9.17, 15) is 4.79 Å². The molecule has 4 nitrogen and oxygen atoms in total. The summed E-state index contributed by atoms with van der Waals surface area (Å²) in [4.78, 5) is 11.7. The van der Waals surface area contributed by atoms with Gasteiger partial charge in [-0.1, -0.05) is 11.6 Å². The van der Waals surface area contributed by atoms with Gasteiger partial charge in [-0.25, -0.2) is 0 Å². The second kappa shape index (κ2) is 4.88. The number of rotatable bonds is 3. The first-order valence-electron chi connectivity index (χ1n) is 5.85. The van der Waals surface area contributed by atoms with Crippen LogP contribution >= 0.6 is 11.6 Å². The molecule has 0 aromatic heterocycles. The van der Waals surface area contributed by atoms with E-state index in [-0.39, 0.29) is 17.9 Å². The first-order valence-corrected chi connectivity index (χ1v) is 6.23. The molecule has 3 N–H and O–H groups in total. The highest BCUT2D eigenvalue weighted by Gasteiger charge is 2.30. The molecule has 0 saturated carbocycles. The molecule has 0 radical (unpaired) electrons. The second-order valence-corrected chi connectivity index (χ2v) is 5.02. The number of nitrogens with one attached hydrogen (secondary N) is 1. The monoisotopic (exact) mass is 268 g/mol. The van der Waals surface area contributed by atoms with E-state index in [1.807, 2.05) is 19.9 Å². The quantitative estimate of drug-likeness (QED) is 0.884. The third-order valence-electron chi connectivity index (χ3n) is 3.41. The second-order valence-electron chi connectivity index (χ2n) is 4.64. The van der Waals surface area contributed by atoms with Gasteiger partial charge in [0.05, 0.1) is 23.6 Å². The molecule has 18 heavy (non-hydrogen) atoms. The molecule has 0 fully saturated rings. The number of fused-ring (bicyclic) bond motifs is 1. The lowest BCUT2D eigenvalue weighted by atomic mass is 9.95. The lowest BCUT2D eigenvalue weighted by Crippen LogP contribution is -2.17. The maximum absolute atomic E-state index is 11.7. The summed E-state index contributed by atoms with van der Waals surface area (Å²) in [6.07, 6.45) is 0. The molecule has 1 aliphatic heterocycles. The van der Waals surface area contributed by atoms with Gasteiger partial charge in [0.2, 0.25) is 5.91 Å². The Morgan fingerprint density at radius 2 is 2.28 bits per heavy atom. The number of anilines is 1. The van der Waals surface area contributed by atoms with Crippen molar-refractivity contribution in [1.29, 1.82) is 0 Å². The Kier molecular flexibility index (Phi) is 3.61. The number of benzene rings is 1. The first kappa shape index (κ1) is 13.3. The zero-order valence-corrected chi connectivity index (χ0v) is 11.5. The van der Waals surface area contributed by atoms with Gasteiger partial charge in [-0.05, 0) is 36.6 Å². The van der Waals surface area contributed by atoms with Crippen LogP contribution in [-0.4, -0.2) is 19.6 Å². The Hall–Kier alpha value is -1.10. The van der Waals surface area contributed by atoms with Crippen molar-refractivity contribution in [2.75, 3.05) is 19.0 Å². The van der Waals surface area contributed by atoms with E-state index in [1.165, 1.54) is 0 Å². The number of nitrogens with two attached hydrogens (primary N) is 1. The molecular weight excluding hydrogens is 252 g/mol. The molecular formula is C13H17ClN2O2. The van der Waals surface area contributed by atoms with Crippen molar-refractivity contribution in [1.82, 2.24) is 0 Å². The molecule has 0 bridgehead atoms. The minimum Gasteiger partial charge on any atom is -0.383 e. The number of carbonyl (C=O) groups excluding carboxylic acids is 1. The molecule has 1 heterocycles. The number of carbonyl (C=O) groups is 1. The number of hydrogen-bond donors (Lipinski definition) is 2. The van der Waals surface area contributed by atoms with Gasteiger partial charge in [-0.3, -0.25) is 4.79 Å². The van der Waals surface area contributed by atoms with Crippen molar-refractivity contribution in [3.8, 4) is 0 Å². The van der Waals surface area contributed by atoms with Gasteiger partial charge in [0.15, 0.2) is 0 Å². The van der Waals surface area contributed by atoms with Gasteiger partial charge in [0, 0.05) is 12.8 Å². The van der Waals surface area contributed by atoms with E-state index in [0.29, 0.717) is 11.6 Å². The number of methoxy groups -OCH3 is 1. The summed E-state index contributed by atoms with van der Waals surface area (Å²) in [7, 11) is 1.60. The predicted octanol–water partition coefficient (Wildman–Crippen LogP) is 2.35. The minimum absolute atomic E-state index is 0.00151. The van der Waals surface area contributed by atoms with E-state index in [0.717, 1.165) is 22.4 Å². The molecule has 1 aliphatic rings. The highest BCUT2D eigenvalue weighted by atomic mass is 35.5. The summed E-state index contributed by atoms with van der Waals surface area (Å²) in [6, 6.07) is 1.63. The topological polar surface area (TPSA) is 64.3 Å². The number of ether oxygens (including phenoxy) is 1. The lowest BCUT2D eigenvalue weighted by molar-refractivity contribution is -0.116. The lowest BCUT2D eigenvalue weighted by Gasteiger charge is -2.17. The summed E-state index contributed by atoms with van der Waals surface area (Å²) in [5, 5.41) is 3.46. The predicted molar refractivity (Wildman–Crippen MR) is 72.0 cm³/mol. The summed E-state index contributed by atoms with van der Waals surface area (Å²) in [5.74, 6) is -0.161. The molecule has 2 unspecified atom stereocenters. The van der Waals surface area contributed by atoms with Crippen LogP contribution in [0.15, 0.2) is 6.07 Å². The fourth-order valence-corrected chi connectivity index (χ4v) is 2.55. The van der Waals surface area contributed by atoms with E-state index < -0.39 is 0 Å². The standard InChI is InChI=1S/C13H17ClN2O2/c1-6-8-4-9(10(15)5-18-3)11(14)7(2)12(8)16-13(6)17/h4,6,10H,5,15H2,1-3H3,(H,16,17). The normalized spacial score (nSPS) is 19.6. The van der Waals surface area contributed by atoms with Crippen molar-refractivity contribution in [2.24, 2.45) is 5.73 Å². The summed E-state index contributed by atoms with van der Waals surface area (Å²) < 4.78 is 5.05. The van der Waals surface area contributed by atoms with Crippen molar-refractivity contribution >= 4 is 23.2 Å². The Balaban J connectivity index is 2.52. The Labute approximate surface area is 111 Å². The third kappa shape index (κ3) is 2.00. The summed E-state index contributed by atoms with van der Waals surface area (Å²) in [6.45, 7) is 4.16. The molecule has 2 rings (SSSR count). The third-order valence-corrected chi connectivity index (χ3v) is 3.91. The van der Waals surface area contributed by atoms with Crippen LogP contribution in [0, 0.1) is 6.92 Å². The summed E-state index contributed by atoms with van der Waals surface area (Å²) >= 11 is 6.32. The number of amides is 1. The van der Waals surface area contributed by atoms with Gasteiger partial charge in [0.25, 0.3) is 0 Å². The Morgan fingerprint density at radius 1 is 1.61 bits per heavy atom. The largest absolute Gasteiger partial charge is 0.383 e. The maximum atomic E-state index is 11.7. The molecule has 5 heteroatoms. The van der Waals surface area contributed by atoms with Gasteiger partial charge in [0.1, 0.15) is 0 Å².